The molecular weight excluding hydrogens is 374 g/mol. The van der Waals surface area contributed by atoms with Gasteiger partial charge < -0.3 is 10.6 Å². The highest BCUT2D eigenvalue weighted by Crippen LogP contribution is 2.21. The van der Waals surface area contributed by atoms with Crippen LogP contribution < -0.4 is 10.6 Å². The Hall–Kier alpha value is -1.15. The summed E-state index contributed by atoms with van der Waals surface area (Å²) in [5.74, 6) is 0.173. The highest BCUT2D eigenvalue weighted by molar-refractivity contribution is 7.89. The van der Waals surface area contributed by atoms with Gasteiger partial charge in [0, 0.05) is 25.6 Å². The van der Waals surface area contributed by atoms with Crippen molar-refractivity contribution in [2.45, 2.75) is 43.5 Å². The van der Waals surface area contributed by atoms with E-state index in [0.717, 1.165) is 50.8 Å². The third kappa shape index (κ3) is 5.19. The van der Waals surface area contributed by atoms with Crippen molar-refractivity contribution < 1.29 is 13.2 Å². The smallest absolute Gasteiger partial charge is 0.243 e. The first-order valence-electron chi connectivity index (χ1n) is 9.15. The summed E-state index contributed by atoms with van der Waals surface area (Å²) in [5.41, 5.74) is 0.917. The van der Waals surface area contributed by atoms with Gasteiger partial charge in [0.1, 0.15) is 0 Å². The number of benzene rings is 1. The van der Waals surface area contributed by atoms with E-state index in [1.807, 2.05) is 0 Å². The van der Waals surface area contributed by atoms with Gasteiger partial charge >= 0.3 is 0 Å². The van der Waals surface area contributed by atoms with E-state index >= 15 is 0 Å². The topological polar surface area (TPSA) is 78.5 Å². The van der Waals surface area contributed by atoms with Crippen molar-refractivity contribution >= 4 is 28.3 Å². The number of piperidine rings is 2. The Morgan fingerprint density at radius 2 is 1.69 bits per heavy atom. The largest absolute Gasteiger partial charge is 0.352 e. The van der Waals surface area contributed by atoms with Crippen LogP contribution in [0.5, 0.6) is 0 Å². The van der Waals surface area contributed by atoms with Crippen molar-refractivity contribution in [2.24, 2.45) is 5.92 Å². The number of nitrogens with one attached hydrogen (secondary N) is 2. The Labute approximate surface area is 162 Å². The van der Waals surface area contributed by atoms with Crippen molar-refractivity contribution in [1.82, 2.24) is 14.9 Å². The number of rotatable bonds is 5. The summed E-state index contributed by atoms with van der Waals surface area (Å²) in [4.78, 5) is 12.5. The standard InChI is InChI=1S/C18H27N3O3S.ClH/c22-18(16-8-10-19-11-9-16)20-14-15-4-6-17(7-5-15)25(23,24)21-12-2-1-3-13-21;/h4-7,16,19H,1-3,8-14H2,(H,20,22);1H. The van der Waals surface area contributed by atoms with Gasteiger partial charge in [0.05, 0.1) is 4.90 Å². The molecule has 2 saturated heterocycles. The molecular formula is C18H28ClN3O3S. The minimum absolute atomic E-state index is 0. The maximum atomic E-state index is 12.6. The lowest BCUT2D eigenvalue weighted by Gasteiger charge is -2.26. The summed E-state index contributed by atoms with van der Waals surface area (Å²) in [7, 11) is -3.39. The first-order chi connectivity index (χ1) is 12.1. The molecule has 0 atom stereocenters. The molecule has 0 spiro atoms. The minimum Gasteiger partial charge on any atom is -0.352 e. The third-order valence-electron chi connectivity index (χ3n) is 5.05. The number of sulfonamides is 1. The van der Waals surface area contributed by atoms with Gasteiger partial charge in [-0.1, -0.05) is 18.6 Å². The fourth-order valence-corrected chi connectivity index (χ4v) is 4.97. The molecule has 0 radical (unpaired) electrons. The highest BCUT2D eigenvalue weighted by atomic mass is 35.5. The molecule has 3 rings (SSSR count). The van der Waals surface area contributed by atoms with Gasteiger partial charge in [0.25, 0.3) is 0 Å². The van der Waals surface area contributed by atoms with E-state index in [4.69, 9.17) is 0 Å². The molecule has 0 aromatic heterocycles. The summed E-state index contributed by atoms with van der Waals surface area (Å²) >= 11 is 0. The average Bonchev–Trinajstić information content (AvgIpc) is 2.68. The molecule has 6 nitrogen and oxygen atoms in total. The lowest BCUT2D eigenvalue weighted by molar-refractivity contribution is -0.125. The van der Waals surface area contributed by atoms with Gasteiger partial charge in [-0.25, -0.2) is 8.42 Å². The SMILES string of the molecule is Cl.O=C(NCc1ccc(S(=O)(=O)N2CCCCC2)cc1)C1CCNCC1. The second-order valence-corrected chi connectivity index (χ2v) is 8.79. The van der Waals surface area contributed by atoms with Crippen LogP contribution in [0.2, 0.25) is 0 Å². The summed E-state index contributed by atoms with van der Waals surface area (Å²) in [6.45, 7) is 3.43. The van der Waals surface area contributed by atoms with Crippen LogP contribution >= 0.6 is 12.4 Å². The summed E-state index contributed by atoms with van der Waals surface area (Å²) in [6.07, 6.45) is 4.71. The van der Waals surface area contributed by atoms with Crippen LogP contribution in [0, 0.1) is 5.92 Å². The predicted molar refractivity (Wildman–Crippen MR) is 104 cm³/mol. The molecule has 2 aliphatic rings. The van der Waals surface area contributed by atoms with E-state index in [-0.39, 0.29) is 24.2 Å². The summed E-state index contributed by atoms with van der Waals surface area (Å²) < 4.78 is 26.8. The minimum atomic E-state index is -3.39. The highest BCUT2D eigenvalue weighted by Gasteiger charge is 2.25. The molecule has 0 aliphatic carbocycles. The quantitative estimate of drug-likeness (QED) is 0.789. The van der Waals surface area contributed by atoms with Crippen LogP contribution in [0.15, 0.2) is 29.2 Å². The van der Waals surface area contributed by atoms with Crippen LogP contribution in [0.3, 0.4) is 0 Å². The normalized spacial score (nSPS) is 19.5. The van der Waals surface area contributed by atoms with Crippen molar-refractivity contribution in [3.8, 4) is 0 Å². The van der Waals surface area contributed by atoms with Crippen LogP contribution in [0.25, 0.3) is 0 Å². The van der Waals surface area contributed by atoms with Crippen LogP contribution in [-0.4, -0.2) is 44.8 Å². The predicted octanol–water partition coefficient (Wildman–Crippen LogP) is 1.90. The van der Waals surface area contributed by atoms with Gasteiger partial charge in [-0.05, 0) is 56.5 Å². The summed E-state index contributed by atoms with van der Waals surface area (Å²) in [5, 5.41) is 6.21. The molecule has 2 fully saturated rings. The van der Waals surface area contributed by atoms with Crippen molar-refractivity contribution in [1.29, 1.82) is 0 Å². The summed E-state index contributed by atoms with van der Waals surface area (Å²) in [6, 6.07) is 6.88. The van der Waals surface area contributed by atoms with E-state index in [0.29, 0.717) is 24.5 Å². The second kappa shape index (κ2) is 9.69. The van der Waals surface area contributed by atoms with Gasteiger partial charge in [-0.3, -0.25) is 4.79 Å². The lowest BCUT2D eigenvalue weighted by Crippen LogP contribution is -2.37. The van der Waals surface area contributed by atoms with Crippen LogP contribution in [0.1, 0.15) is 37.7 Å². The zero-order valence-corrected chi connectivity index (χ0v) is 16.6. The molecule has 146 valence electrons. The molecule has 8 heteroatoms. The van der Waals surface area contributed by atoms with Crippen LogP contribution in [-0.2, 0) is 21.4 Å². The van der Waals surface area contributed by atoms with Crippen LogP contribution in [0.4, 0.5) is 0 Å². The molecule has 1 amide bonds. The molecule has 0 saturated carbocycles. The maximum absolute atomic E-state index is 12.6. The molecule has 2 N–H and O–H groups in total. The van der Waals surface area contributed by atoms with Gasteiger partial charge in [-0.2, -0.15) is 4.31 Å². The third-order valence-corrected chi connectivity index (χ3v) is 6.97. The first kappa shape index (κ1) is 21.2. The Morgan fingerprint density at radius 3 is 2.31 bits per heavy atom. The van der Waals surface area contributed by atoms with E-state index in [9.17, 15) is 13.2 Å². The van der Waals surface area contributed by atoms with E-state index in [1.165, 1.54) is 0 Å². The van der Waals surface area contributed by atoms with E-state index in [1.54, 1.807) is 28.6 Å². The maximum Gasteiger partial charge on any atom is 0.243 e. The van der Waals surface area contributed by atoms with Crippen molar-refractivity contribution in [3.63, 3.8) is 0 Å². The number of halogens is 1. The molecule has 1 aromatic carbocycles. The second-order valence-electron chi connectivity index (χ2n) is 6.85. The van der Waals surface area contributed by atoms with Gasteiger partial charge in [-0.15, -0.1) is 12.4 Å². The van der Waals surface area contributed by atoms with Crippen molar-refractivity contribution in [2.75, 3.05) is 26.2 Å². The number of amides is 1. The fourth-order valence-electron chi connectivity index (χ4n) is 3.45. The number of carbonyl (C=O) groups is 1. The number of carbonyl (C=O) groups excluding carboxylic acids is 1. The Balaban J connectivity index is 0.00000243. The number of hydrogen-bond acceptors (Lipinski definition) is 4. The molecule has 2 heterocycles. The van der Waals surface area contributed by atoms with E-state index < -0.39 is 10.0 Å². The first-order valence-corrected chi connectivity index (χ1v) is 10.6. The zero-order valence-electron chi connectivity index (χ0n) is 14.9. The van der Waals surface area contributed by atoms with Crippen molar-refractivity contribution in [3.05, 3.63) is 29.8 Å². The lowest BCUT2D eigenvalue weighted by atomic mass is 9.97. The zero-order chi connectivity index (χ0) is 17.7. The molecule has 26 heavy (non-hydrogen) atoms. The molecule has 0 bridgehead atoms. The molecule has 1 aromatic rings. The Bertz CT molecular complexity index is 682. The Morgan fingerprint density at radius 1 is 1.08 bits per heavy atom. The van der Waals surface area contributed by atoms with E-state index in [2.05, 4.69) is 10.6 Å². The Kier molecular flexibility index (Phi) is 7.88. The average molecular weight is 402 g/mol. The number of nitrogens with zero attached hydrogens (tertiary/aromatic N) is 1. The monoisotopic (exact) mass is 401 g/mol. The number of hydrogen-bond donors (Lipinski definition) is 2. The molecule has 0 unspecified atom stereocenters. The fraction of sp³-hybridized carbons (Fsp3) is 0.611. The van der Waals surface area contributed by atoms with Gasteiger partial charge in [0.2, 0.25) is 15.9 Å². The molecule has 2 aliphatic heterocycles. The van der Waals surface area contributed by atoms with Gasteiger partial charge in [0.15, 0.2) is 0 Å².